The minimum atomic E-state index is 0.425. The Bertz CT molecular complexity index is 781. The molecule has 4 rings (SSSR count). The van der Waals surface area contributed by atoms with E-state index in [4.69, 9.17) is 11.6 Å². The molecule has 4 nitrogen and oxygen atoms in total. The molecule has 2 unspecified atom stereocenters. The van der Waals surface area contributed by atoms with Gasteiger partial charge in [0, 0.05) is 12.0 Å². The predicted molar refractivity (Wildman–Crippen MR) is 77.1 cm³/mol. The second kappa shape index (κ2) is 4.28. The summed E-state index contributed by atoms with van der Waals surface area (Å²) in [7, 11) is 0. The van der Waals surface area contributed by atoms with Gasteiger partial charge >= 0.3 is 0 Å². The summed E-state index contributed by atoms with van der Waals surface area (Å²) in [5, 5.41) is 9.03. The molecule has 100 valence electrons. The summed E-state index contributed by atoms with van der Waals surface area (Å²) in [4.78, 5) is 4.29. The SMILES string of the molecule is Cc1nc(Cl)cc2nnc(C3CC3c3ccccc3)n12. The highest BCUT2D eigenvalue weighted by Gasteiger charge is 2.42. The molecule has 0 aliphatic heterocycles. The summed E-state index contributed by atoms with van der Waals surface area (Å²) in [6.45, 7) is 1.94. The molecule has 1 aromatic carbocycles. The van der Waals surface area contributed by atoms with Crippen LogP contribution in [0.3, 0.4) is 0 Å². The topological polar surface area (TPSA) is 43.1 Å². The molecule has 2 atom stereocenters. The Balaban J connectivity index is 1.75. The highest BCUT2D eigenvalue weighted by molar-refractivity contribution is 6.29. The van der Waals surface area contributed by atoms with Crippen LogP contribution in [-0.4, -0.2) is 19.6 Å². The van der Waals surface area contributed by atoms with E-state index in [2.05, 4.69) is 39.4 Å². The minimum absolute atomic E-state index is 0.425. The first-order chi connectivity index (χ1) is 9.74. The van der Waals surface area contributed by atoms with Crippen LogP contribution in [0, 0.1) is 6.92 Å². The predicted octanol–water partition coefficient (Wildman–Crippen LogP) is 3.36. The van der Waals surface area contributed by atoms with Crippen molar-refractivity contribution in [1.82, 2.24) is 19.6 Å². The molecule has 1 aliphatic rings. The van der Waals surface area contributed by atoms with Gasteiger partial charge in [0.05, 0.1) is 0 Å². The molecule has 0 bridgehead atoms. The third-order valence-corrected chi connectivity index (χ3v) is 4.10. The van der Waals surface area contributed by atoms with Crippen LogP contribution in [0.1, 0.15) is 35.5 Å². The maximum atomic E-state index is 5.96. The van der Waals surface area contributed by atoms with Gasteiger partial charge in [-0.1, -0.05) is 41.9 Å². The van der Waals surface area contributed by atoms with Crippen molar-refractivity contribution in [3.05, 3.63) is 58.8 Å². The van der Waals surface area contributed by atoms with Gasteiger partial charge in [-0.25, -0.2) is 4.98 Å². The molecule has 1 fully saturated rings. The van der Waals surface area contributed by atoms with Crippen molar-refractivity contribution in [2.45, 2.75) is 25.2 Å². The van der Waals surface area contributed by atoms with Crippen LogP contribution in [-0.2, 0) is 0 Å². The molecule has 20 heavy (non-hydrogen) atoms. The molecule has 5 heteroatoms. The summed E-state index contributed by atoms with van der Waals surface area (Å²) >= 11 is 5.96. The Morgan fingerprint density at radius 3 is 2.75 bits per heavy atom. The number of hydrogen-bond acceptors (Lipinski definition) is 3. The lowest BCUT2D eigenvalue weighted by Gasteiger charge is -2.03. The third-order valence-electron chi connectivity index (χ3n) is 3.90. The van der Waals surface area contributed by atoms with Crippen LogP contribution < -0.4 is 0 Å². The summed E-state index contributed by atoms with van der Waals surface area (Å²) < 4.78 is 2.01. The van der Waals surface area contributed by atoms with Gasteiger partial charge in [-0.2, -0.15) is 0 Å². The minimum Gasteiger partial charge on any atom is -0.266 e. The zero-order valence-electron chi connectivity index (χ0n) is 11.0. The van der Waals surface area contributed by atoms with E-state index in [1.807, 2.05) is 17.4 Å². The first-order valence-electron chi connectivity index (χ1n) is 6.67. The highest BCUT2D eigenvalue weighted by atomic mass is 35.5. The fourth-order valence-electron chi connectivity index (χ4n) is 2.87. The number of aromatic nitrogens is 4. The van der Waals surface area contributed by atoms with Crippen LogP contribution in [0.2, 0.25) is 5.15 Å². The summed E-state index contributed by atoms with van der Waals surface area (Å²) in [6.07, 6.45) is 1.12. The molecule has 1 saturated carbocycles. The molecule has 0 spiro atoms. The van der Waals surface area contributed by atoms with Gasteiger partial charge in [-0.05, 0) is 24.8 Å². The van der Waals surface area contributed by atoms with Crippen molar-refractivity contribution in [3.8, 4) is 0 Å². The van der Waals surface area contributed by atoms with E-state index in [1.54, 1.807) is 6.07 Å². The average molecular weight is 285 g/mol. The van der Waals surface area contributed by atoms with Crippen molar-refractivity contribution in [1.29, 1.82) is 0 Å². The van der Waals surface area contributed by atoms with E-state index < -0.39 is 0 Å². The normalized spacial score (nSPS) is 21.3. The van der Waals surface area contributed by atoms with E-state index in [1.165, 1.54) is 5.56 Å². The van der Waals surface area contributed by atoms with Gasteiger partial charge in [0.2, 0.25) is 0 Å². The first kappa shape index (κ1) is 11.9. The van der Waals surface area contributed by atoms with Gasteiger partial charge in [0.1, 0.15) is 16.8 Å². The lowest BCUT2D eigenvalue weighted by atomic mass is 10.1. The Hall–Kier alpha value is -1.94. The standard InChI is InChI=1S/C15H13ClN4/c1-9-17-13(16)8-14-18-19-15(20(9)14)12-7-11(12)10-5-3-2-4-6-10/h2-6,8,11-12H,7H2,1H3. The monoisotopic (exact) mass is 284 g/mol. The molecule has 1 aliphatic carbocycles. The van der Waals surface area contributed by atoms with Crippen molar-refractivity contribution in [2.24, 2.45) is 0 Å². The van der Waals surface area contributed by atoms with Crippen LogP contribution in [0.5, 0.6) is 0 Å². The van der Waals surface area contributed by atoms with E-state index in [0.717, 1.165) is 23.7 Å². The average Bonchev–Trinajstić information content (AvgIpc) is 3.13. The Labute approximate surface area is 121 Å². The lowest BCUT2D eigenvalue weighted by Crippen LogP contribution is -2.00. The highest BCUT2D eigenvalue weighted by Crippen LogP contribution is 2.53. The van der Waals surface area contributed by atoms with Crippen LogP contribution in [0.4, 0.5) is 0 Å². The van der Waals surface area contributed by atoms with Crippen molar-refractivity contribution < 1.29 is 0 Å². The molecule has 0 radical (unpaired) electrons. The first-order valence-corrected chi connectivity index (χ1v) is 7.05. The maximum Gasteiger partial charge on any atom is 0.165 e. The molecule has 0 N–H and O–H groups in total. The molecular formula is C15H13ClN4. The summed E-state index contributed by atoms with van der Waals surface area (Å²) in [5.41, 5.74) is 2.14. The van der Waals surface area contributed by atoms with Crippen LogP contribution in [0.15, 0.2) is 36.4 Å². The lowest BCUT2D eigenvalue weighted by molar-refractivity contribution is 0.838. The number of rotatable bonds is 2. The zero-order chi connectivity index (χ0) is 13.7. The van der Waals surface area contributed by atoms with Gasteiger partial charge < -0.3 is 0 Å². The molecule has 2 heterocycles. The molecule has 2 aromatic heterocycles. The largest absolute Gasteiger partial charge is 0.266 e. The quantitative estimate of drug-likeness (QED) is 0.678. The van der Waals surface area contributed by atoms with Crippen LogP contribution in [0.25, 0.3) is 5.65 Å². The van der Waals surface area contributed by atoms with E-state index >= 15 is 0 Å². The molecule has 0 saturated heterocycles. The second-order valence-corrected chi connectivity index (χ2v) is 5.62. The Kier molecular flexibility index (Phi) is 2.54. The Morgan fingerprint density at radius 1 is 1.15 bits per heavy atom. The van der Waals surface area contributed by atoms with Crippen molar-refractivity contribution >= 4 is 17.2 Å². The van der Waals surface area contributed by atoms with E-state index in [-0.39, 0.29) is 0 Å². The summed E-state index contributed by atoms with van der Waals surface area (Å²) in [5.74, 6) is 2.80. The number of aryl methyl sites for hydroxylation is 1. The van der Waals surface area contributed by atoms with Gasteiger partial charge in [-0.15, -0.1) is 10.2 Å². The fraction of sp³-hybridized carbons (Fsp3) is 0.267. The van der Waals surface area contributed by atoms with E-state index in [0.29, 0.717) is 17.0 Å². The number of fused-ring (bicyclic) bond motifs is 1. The van der Waals surface area contributed by atoms with Gasteiger partial charge in [0.25, 0.3) is 0 Å². The van der Waals surface area contributed by atoms with Crippen LogP contribution >= 0.6 is 11.6 Å². The van der Waals surface area contributed by atoms with Crippen molar-refractivity contribution in [3.63, 3.8) is 0 Å². The molecule has 3 aromatic rings. The number of benzene rings is 1. The number of hydrogen-bond donors (Lipinski definition) is 0. The Morgan fingerprint density at radius 2 is 1.95 bits per heavy atom. The zero-order valence-corrected chi connectivity index (χ0v) is 11.7. The smallest absolute Gasteiger partial charge is 0.165 e. The fourth-order valence-corrected chi connectivity index (χ4v) is 3.09. The molecular weight excluding hydrogens is 272 g/mol. The number of halogens is 1. The summed E-state index contributed by atoms with van der Waals surface area (Å²) in [6, 6.07) is 12.3. The van der Waals surface area contributed by atoms with E-state index in [9.17, 15) is 0 Å². The van der Waals surface area contributed by atoms with Gasteiger partial charge in [-0.3, -0.25) is 4.40 Å². The third kappa shape index (κ3) is 1.79. The number of nitrogens with zero attached hydrogens (tertiary/aromatic N) is 4. The molecule has 0 amide bonds. The maximum absolute atomic E-state index is 5.96. The van der Waals surface area contributed by atoms with Crippen molar-refractivity contribution in [2.75, 3.05) is 0 Å². The van der Waals surface area contributed by atoms with Gasteiger partial charge in [0.15, 0.2) is 5.65 Å². The second-order valence-electron chi connectivity index (χ2n) is 5.24.